The van der Waals surface area contributed by atoms with Crippen LogP contribution in [0, 0.1) is 0 Å². The lowest BCUT2D eigenvalue weighted by Gasteiger charge is -2.19. The second-order valence-electron chi connectivity index (χ2n) is 4.71. The first kappa shape index (κ1) is 15.2. The van der Waals surface area contributed by atoms with Gasteiger partial charge in [-0.2, -0.15) is 0 Å². The van der Waals surface area contributed by atoms with Crippen molar-refractivity contribution in [1.29, 1.82) is 0 Å². The van der Waals surface area contributed by atoms with E-state index in [0.29, 0.717) is 36.9 Å². The summed E-state index contributed by atoms with van der Waals surface area (Å²) in [7, 11) is 0. The molecule has 0 radical (unpaired) electrons. The number of hydrogen-bond acceptors (Lipinski definition) is 5. The summed E-state index contributed by atoms with van der Waals surface area (Å²) < 4.78 is 5.50. The van der Waals surface area contributed by atoms with Crippen molar-refractivity contribution >= 4 is 5.97 Å². The zero-order valence-electron chi connectivity index (χ0n) is 12.2. The Kier molecular flexibility index (Phi) is 5.05. The summed E-state index contributed by atoms with van der Waals surface area (Å²) in [5.74, 6) is 0.265. The number of rotatable bonds is 7. The Labute approximate surface area is 123 Å². The van der Waals surface area contributed by atoms with Crippen molar-refractivity contribution in [2.24, 2.45) is 0 Å². The third kappa shape index (κ3) is 3.88. The van der Waals surface area contributed by atoms with E-state index >= 15 is 0 Å². The minimum Gasteiger partial charge on any atom is -0.478 e. The standard InChI is InChI=1S/C15H19N3O3/c1-3-13-16-17-14(21-13)10-18(4-2)9-11-7-5-6-8-12(11)15(19)20/h5-8H,3-4,9-10H2,1-2H3,(H,19,20). The Hall–Kier alpha value is -2.21. The fourth-order valence-corrected chi connectivity index (χ4v) is 2.07. The van der Waals surface area contributed by atoms with Gasteiger partial charge >= 0.3 is 5.97 Å². The highest BCUT2D eigenvalue weighted by molar-refractivity contribution is 5.89. The van der Waals surface area contributed by atoms with Gasteiger partial charge in [0.25, 0.3) is 0 Å². The first-order valence-corrected chi connectivity index (χ1v) is 6.98. The van der Waals surface area contributed by atoms with Crippen molar-refractivity contribution in [2.75, 3.05) is 6.54 Å². The maximum atomic E-state index is 11.2. The molecule has 0 unspecified atom stereocenters. The molecule has 6 heteroatoms. The van der Waals surface area contributed by atoms with Gasteiger partial charge in [-0.3, -0.25) is 4.90 Å². The lowest BCUT2D eigenvalue weighted by molar-refractivity contribution is 0.0694. The van der Waals surface area contributed by atoms with Crippen molar-refractivity contribution in [1.82, 2.24) is 15.1 Å². The first-order chi connectivity index (χ1) is 10.1. The number of nitrogens with zero attached hydrogens (tertiary/aromatic N) is 3. The summed E-state index contributed by atoms with van der Waals surface area (Å²) in [6.45, 7) is 5.77. The second-order valence-corrected chi connectivity index (χ2v) is 4.71. The summed E-state index contributed by atoms with van der Waals surface area (Å²) >= 11 is 0. The van der Waals surface area contributed by atoms with Gasteiger partial charge in [-0.25, -0.2) is 4.79 Å². The average Bonchev–Trinajstić information content (AvgIpc) is 2.94. The molecule has 1 aromatic carbocycles. The van der Waals surface area contributed by atoms with Crippen LogP contribution in [0.15, 0.2) is 28.7 Å². The molecule has 0 bridgehead atoms. The molecule has 0 atom stereocenters. The van der Waals surface area contributed by atoms with E-state index < -0.39 is 5.97 Å². The predicted octanol–water partition coefficient (Wildman–Crippen LogP) is 2.35. The molecule has 0 spiro atoms. The van der Waals surface area contributed by atoms with E-state index in [0.717, 1.165) is 12.1 Å². The molecular formula is C15H19N3O3. The highest BCUT2D eigenvalue weighted by Gasteiger charge is 2.14. The zero-order chi connectivity index (χ0) is 15.2. The summed E-state index contributed by atoms with van der Waals surface area (Å²) in [6, 6.07) is 7.02. The maximum absolute atomic E-state index is 11.2. The van der Waals surface area contributed by atoms with Gasteiger partial charge in [-0.05, 0) is 18.2 Å². The number of aromatic carboxylic acids is 1. The van der Waals surface area contributed by atoms with E-state index in [9.17, 15) is 9.90 Å². The fraction of sp³-hybridized carbons (Fsp3) is 0.400. The van der Waals surface area contributed by atoms with Gasteiger partial charge in [0.2, 0.25) is 11.8 Å². The van der Waals surface area contributed by atoms with E-state index in [1.54, 1.807) is 12.1 Å². The van der Waals surface area contributed by atoms with Gasteiger partial charge in [0.05, 0.1) is 12.1 Å². The molecule has 6 nitrogen and oxygen atoms in total. The highest BCUT2D eigenvalue weighted by Crippen LogP contribution is 2.14. The smallest absolute Gasteiger partial charge is 0.336 e. The molecule has 0 aliphatic rings. The SMILES string of the molecule is CCc1nnc(CN(CC)Cc2ccccc2C(=O)O)o1. The van der Waals surface area contributed by atoms with E-state index in [1.807, 2.05) is 26.0 Å². The third-order valence-electron chi connectivity index (χ3n) is 3.26. The molecule has 0 aliphatic carbocycles. The number of aryl methyl sites for hydroxylation is 1. The molecule has 2 rings (SSSR count). The zero-order valence-corrected chi connectivity index (χ0v) is 12.2. The van der Waals surface area contributed by atoms with Gasteiger partial charge in [0.1, 0.15) is 0 Å². The Morgan fingerprint density at radius 2 is 1.90 bits per heavy atom. The molecule has 0 saturated carbocycles. The van der Waals surface area contributed by atoms with Crippen molar-refractivity contribution in [3.8, 4) is 0 Å². The Morgan fingerprint density at radius 1 is 1.19 bits per heavy atom. The van der Waals surface area contributed by atoms with Crippen molar-refractivity contribution in [3.05, 3.63) is 47.2 Å². The third-order valence-corrected chi connectivity index (χ3v) is 3.26. The quantitative estimate of drug-likeness (QED) is 0.843. The van der Waals surface area contributed by atoms with E-state index in [2.05, 4.69) is 15.1 Å². The number of carboxylic acids is 1. The number of aromatic nitrogens is 2. The molecule has 0 aliphatic heterocycles. The first-order valence-electron chi connectivity index (χ1n) is 6.98. The maximum Gasteiger partial charge on any atom is 0.336 e. The number of benzene rings is 1. The predicted molar refractivity (Wildman–Crippen MR) is 76.9 cm³/mol. The minimum absolute atomic E-state index is 0.329. The van der Waals surface area contributed by atoms with Crippen LogP contribution in [0.3, 0.4) is 0 Å². The Balaban J connectivity index is 2.10. The monoisotopic (exact) mass is 289 g/mol. The molecule has 0 saturated heterocycles. The lowest BCUT2D eigenvalue weighted by atomic mass is 10.1. The van der Waals surface area contributed by atoms with Crippen LogP contribution in [0.2, 0.25) is 0 Å². The largest absolute Gasteiger partial charge is 0.478 e. The van der Waals surface area contributed by atoms with Gasteiger partial charge in [-0.15, -0.1) is 10.2 Å². The van der Waals surface area contributed by atoms with Crippen LogP contribution in [-0.4, -0.2) is 32.7 Å². The second kappa shape index (κ2) is 6.99. The Morgan fingerprint density at radius 3 is 2.52 bits per heavy atom. The topological polar surface area (TPSA) is 79.5 Å². The van der Waals surface area contributed by atoms with Crippen LogP contribution in [-0.2, 0) is 19.5 Å². The van der Waals surface area contributed by atoms with Crippen LogP contribution < -0.4 is 0 Å². The lowest BCUT2D eigenvalue weighted by Crippen LogP contribution is -2.23. The van der Waals surface area contributed by atoms with E-state index in [-0.39, 0.29) is 0 Å². The van der Waals surface area contributed by atoms with Crippen molar-refractivity contribution < 1.29 is 14.3 Å². The summed E-state index contributed by atoms with van der Waals surface area (Å²) in [5.41, 5.74) is 1.11. The minimum atomic E-state index is -0.910. The van der Waals surface area contributed by atoms with Crippen molar-refractivity contribution in [3.63, 3.8) is 0 Å². The molecular weight excluding hydrogens is 270 g/mol. The average molecular weight is 289 g/mol. The summed E-state index contributed by atoms with van der Waals surface area (Å²) in [6.07, 6.45) is 0.709. The molecule has 1 N–H and O–H groups in total. The van der Waals surface area contributed by atoms with Gasteiger partial charge in [0.15, 0.2) is 0 Å². The Bertz CT molecular complexity index is 610. The molecule has 1 aromatic heterocycles. The number of carbonyl (C=O) groups is 1. The number of carboxylic acid groups (broad SMARTS) is 1. The molecule has 0 fully saturated rings. The summed E-state index contributed by atoms with van der Waals surface area (Å²) in [5, 5.41) is 17.2. The van der Waals surface area contributed by atoms with Gasteiger partial charge in [0, 0.05) is 13.0 Å². The van der Waals surface area contributed by atoms with Crippen LogP contribution in [0.4, 0.5) is 0 Å². The van der Waals surface area contributed by atoms with Crippen molar-refractivity contribution in [2.45, 2.75) is 33.4 Å². The number of hydrogen-bond donors (Lipinski definition) is 1. The molecule has 112 valence electrons. The van der Waals surface area contributed by atoms with Gasteiger partial charge < -0.3 is 9.52 Å². The van der Waals surface area contributed by atoms with Gasteiger partial charge in [-0.1, -0.05) is 32.0 Å². The normalized spacial score (nSPS) is 11.0. The fourth-order valence-electron chi connectivity index (χ4n) is 2.07. The summed E-state index contributed by atoms with van der Waals surface area (Å²) in [4.78, 5) is 13.3. The molecule has 0 amide bonds. The van der Waals surface area contributed by atoms with Crippen LogP contribution in [0.1, 0.15) is 41.6 Å². The van der Waals surface area contributed by atoms with Crippen LogP contribution >= 0.6 is 0 Å². The molecule has 1 heterocycles. The van der Waals surface area contributed by atoms with Crippen LogP contribution in [0.25, 0.3) is 0 Å². The van der Waals surface area contributed by atoms with E-state index in [4.69, 9.17) is 4.42 Å². The highest BCUT2D eigenvalue weighted by atomic mass is 16.4. The molecule has 21 heavy (non-hydrogen) atoms. The van der Waals surface area contributed by atoms with E-state index in [1.165, 1.54) is 0 Å². The molecule has 2 aromatic rings. The van der Waals surface area contributed by atoms with Crippen LogP contribution in [0.5, 0.6) is 0 Å².